The van der Waals surface area contributed by atoms with Crippen LogP contribution in [0.5, 0.6) is 5.75 Å². The molecule has 1 N–H and O–H groups in total. The van der Waals surface area contributed by atoms with Gasteiger partial charge in [0.2, 0.25) is 0 Å². The Morgan fingerprint density at radius 2 is 1.91 bits per heavy atom. The van der Waals surface area contributed by atoms with Gasteiger partial charge in [-0.15, -0.1) is 0 Å². The summed E-state index contributed by atoms with van der Waals surface area (Å²) in [6, 6.07) is 6.55. The SMILES string of the molecule is Cc1cc(/C=C/c2cc(C(C)(C)C)c3c(c2)C(C)(C)CO3)n[nH]1. The highest BCUT2D eigenvalue weighted by Crippen LogP contribution is 2.45. The van der Waals surface area contributed by atoms with Gasteiger partial charge in [-0.25, -0.2) is 0 Å². The van der Waals surface area contributed by atoms with Crippen molar-refractivity contribution >= 4 is 12.2 Å². The molecule has 0 spiro atoms. The molecule has 0 amide bonds. The van der Waals surface area contributed by atoms with E-state index >= 15 is 0 Å². The number of nitrogens with zero attached hydrogens (tertiary/aromatic N) is 1. The van der Waals surface area contributed by atoms with E-state index in [1.165, 1.54) is 16.7 Å². The fraction of sp³-hybridized carbons (Fsp3) is 0.450. The predicted octanol–water partition coefficient (Wildman–Crippen LogP) is 4.86. The zero-order valence-electron chi connectivity index (χ0n) is 14.9. The number of hydrogen-bond donors (Lipinski definition) is 1. The largest absolute Gasteiger partial charge is 0.492 e. The minimum Gasteiger partial charge on any atom is -0.492 e. The maximum atomic E-state index is 6.05. The van der Waals surface area contributed by atoms with E-state index < -0.39 is 0 Å². The molecule has 0 saturated heterocycles. The summed E-state index contributed by atoms with van der Waals surface area (Å²) in [6.07, 6.45) is 4.19. The summed E-state index contributed by atoms with van der Waals surface area (Å²) < 4.78 is 6.05. The van der Waals surface area contributed by atoms with Crippen molar-refractivity contribution in [1.82, 2.24) is 10.2 Å². The zero-order valence-corrected chi connectivity index (χ0v) is 14.9. The number of aromatic nitrogens is 2. The van der Waals surface area contributed by atoms with E-state index in [0.717, 1.165) is 23.7 Å². The van der Waals surface area contributed by atoms with Crippen LogP contribution in [0.4, 0.5) is 0 Å². The minimum absolute atomic E-state index is 0.0529. The fourth-order valence-electron chi connectivity index (χ4n) is 3.00. The van der Waals surface area contributed by atoms with Crippen molar-refractivity contribution in [2.45, 2.75) is 52.4 Å². The number of fused-ring (bicyclic) bond motifs is 1. The van der Waals surface area contributed by atoms with Crippen LogP contribution in [0.2, 0.25) is 0 Å². The summed E-state index contributed by atoms with van der Waals surface area (Å²) >= 11 is 0. The summed E-state index contributed by atoms with van der Waals surface area (Å²) in [7, 11) is 0. The highest BCUT2D eigenvalue weighted by molar-refractivity contribution is 5.71. The van der Waals surface area contributed by atoms with Crippen molar-refractivity contribution in [3.63, 3.8) is 0 Å². The molecule has 0 bridgehead atoms. The van der Waals surface area contributed by atoms with Crippen LogP contribution in [0.1, 0.15) is 62.7 Å². The highest BCUT2D eigenvalue weighted by Gasteiger charge is 2.36. The zero-order chi connectivity index (χ0) is 16.8. The quantitative estimate of drug-likeness (QED) is 0.860. The molecule has 0 atom stereocenters. The second-order valence-corrected chi connectivity index (χ2v) is 8.18. The molecular formula is C20H26N2O. The first-order valence-electron chi connectivity index (χ1n) is 8.19. The lowest BCUT2D eigenvalue weighted by atomic mass is 9.79. The van der Waals surface area contributed by atoms with Crippen molar-refractivity contribution in [3.8, 4) is 5.75 Å². The molecule has 0 aliphatic carbocycles. The molecule has 0 fully saturated rings. The van der Waals surface area contributed by atoms with Crippen LogP contribution >= 0.6 is 0 Å². The number of aromatic amines is 1. The first-order chi connectivity index (χ1) is 10.7. The summed E-state index contributed by atoms with van der Waals surface area (Å²) in [6.45, 7) is 14.0. The Balaban J connectivity index is 2.07. The lowest BCUT2D eigenvalue weighted by molar-refractivity contribution is 0.286. The Morgan fingerprint density at radius 1 is 1.17 bits per heavy atom. The number of hydrogen-bond acceptors (Lipinski definition) is 2. The number of benzene rings is 1. The lowest BCUT2D eigenvalue weighted by Crippen LogP contribution is -2.18. The van der Waals surface area contributed by atoms with E-state index in [1.807, 2.05) is 13.0 Å². The molecule has 1 aliphatic rings. The Bertz CT molecular complexity index is 760. The molecule has 0 unspecified atom stereocenters. The average molecular weight is 310 g/mol. The number of ether oxygens (including phenoxy) is 1. The topological polar surface area (TPSA) is 37.9 Å². The normalized spacial score (nSPS) is 16.6. The molecule has 3 nitrogen and oxygen atoms in total. The Morgan fingerprint density at radius 3 is 2.52 bits per heavy atom. The molecule has 3 rings (SSSR count). The third kappa shape index (κ3) is 3.05. The van der Waals surface area contributed by atoms with Gasteiger partial charge in [0.25, 0.3) is 0 Å². The highest BCUT2D eigenvalue weighted by atomic mass is 16.5. The van der Waals surface area contributed by atoms with Crippen LogP contribution in [0.25, 0.3) is 12.2 Å². The van der Waals surface area contributed by atoms with Gasteiger partial charge >= 0.3 is 0 Å². The number of nitrogens with one attached hydrogen (secondary N) is 1. The van der Waals surface area contributed by atoms with E-state index in [1.54, 1.807) is 0 Å². The molecule has 1 aromatic heterocycles. The molecule has 1 aliphatic heterocycles. The van der Waals surface area contributed by atoms with Crippen molar-refractivity contribution in [3.05, 3.63) is 46.3 Å². The van der Waals surface area contributed by atoms with E-state index in [-0.39, 0.29) is 10.8 Å². The Labute approximate surface area is 138 Å². The van der Waals surface area contributed by atoms with Gasteiger partial charge in [-0.2, -0.15) is 5.10 Å². The standard InChI is InChI=1S/C20H26N2O/c1-13-9-15(22-21-13)8-7-14-10-16(19(2,3)4)18-17(11-14)20(5,6)12-23-18/h7-11H,12H2,1-6H3,(H,21,22)/b8-7+. The van der Waals surface area contributed by atoms with Crippen LogP contribution in [-0.4, -0.2) is 16.8 Å². The third-order valence-corrected chi connectivity index (χ3v) is 4.40. The summed E-state index contributed by atoms with van der Waals surface area (Å²) in [4.78, 5) is 0. The molecule has 1 aromatic carbocycles. The molecule has 2 aromatic rings. The number of rotatable bonds is 2. The van der Waals surface area contributed by atoms with Crippen molar-refractivity contribution in [2.75, 3.05) is 6.61 Å². The summed E-state index contributed by atoms with van der Waals surface area (Å²) in [5.41, 5.74) is 5.92. The van der Waals surface area contributed by atoms with Gasteiger partial charge in [0.15, 0.2) is 0 Å². The summed E-state index contributed by atoms with van der Waals surface area (Å²) in [5, 5.41) is 7.24. The van der Waals surface area contributed by atoms with Crippen LogP contribution in [0.3, 0.4) is 0 Å². The first kappa shape index (κ1) is 15.9. The van der Waals surface area contributed by atoms with Gasteiger partial charge in [0.1, 0.15) is 5.75 Å². The van der Waals surface area contributed by atoms with Crippen LogP contribution < -0.4 is 4.74 Å². The van der Waals surface area contributed by atoms with Gasteiger partial charge in [0.05, 0.1) is 12.3 Å². The van der Waals surface area contributed by atoms with Crippen molar-refractivity contribution < 1.29 is 4.74 Å². The maximum Gasteiger partial charge on any atom is 0.126 e. The van der Waals surface area contributed by atoms with Gasteiger partial charge < -0.3 is 4.74 Å². The predicted molar refractivity (Wildman–Crippen MR) is 95.9 cm³/mol. The fourth-order valence-corrected chi connectivity index (χ4v) is 3.00. The van der Waals surface area contributed by atoms with Crippen LogP contribution in [0, 0.1) is 6.92 Å². The molecule has 122 valence electrons. The van der Waals surface area contributed by atoms with Gasteiger partial charge in [0, 0.05) is 22.2 Å². The van der Waals surface area contributed by atoms with E-state index in [4.69, 9.17) is 4.74 Å². The van der Waals surface area contributed by atoms with Gasteiger partial charge in [-0.3, -0.25) is 5.10 Å². The molecule has 3 heteroatoms. The Hall–Kier alpha value is -2.03. The second-order valence-electron chi connectivity index (χ2n) is 8.18. The average Bonchev–Trinajstić information content (AvgIpc) is 2.99. The number of aryl methyl sites for hydroxylation is 1. The molecule has 0 saturated carbocycles. The molecule has 23 heavy (non-hydrogen) atoms. The third-order valence-electron chi connectivity index (χ3n) is 4.40. The van der Waals surface area contributed by atoms with Crippen molar-refractivity contribution in [2.24, 2.45) is 0 Å². The van der Waals surface area contributed by atoms with E-state index in [2.05, 4.69) is 69.1 Å². The van der Waals surface area contributed by atoms with E-state index in [0.29, 0.717) is 0 Å². The Kier molecular flexibility index (Phi) is 3.62. The summed E-state index contributed by atoms with van der Waals surface area (Å²) in [5.74, 6) is 1.08. The van der Waals surface area contributed by atoms with Gasteiger partial charge in [-0.05, 0) is 42.2 Å². The molecule has 0 radical (unpaired) electrons. The monoisotopic (exact) mass is 310 g/mol. The first-order valence-corrected chi connectivity index (χ1v) is 8.19. The van der Waals surface area contributed by atoms with E-state index in [9.17, 15) is 0 Å². The lowest BCUT2D eigenvalue weighted by Gasteiger charge is -2.23. The van der Waals surface area contributed by atoms with Gasteiger partial charge in [-0.1, -0.05) is 40.7 Å². The molecule has 2 heterocycles. The van der Waals surface area contributed by atoms with Crippen LogP contribution in [-0.2, 0) is 10.8 Å². The number of H-pyrrole nitrogens is 1. The maximum absolute atomic E-state index is 6.05. The second kappa shape index (κ2) is 5.26. The van der Waals surface area contributed by atoms with Crippen LogP contribution in [0.15, 0.2) is 18.2 Å². The minimum atomic E-state index is 0.0529. The smallest absolute Gasteiger partial charge is 0.126 e. The molecular weight excluding hydrogens is 284 g/mol. The van der Waals surface area contributed by atoms with Crippen molar-refractivity contribution in [1.29, 1.82) is 0 Å².